The Hall–Kier alpha value is -1.84. The standard InChI is InChI=1S/C14H19NO3/c1-10(2)8-14(17)15-9-13(16)11-4-6-12(18-3)7-5-11/h4-7,10H,8-9H2,1-3H3,(H,15,17). The van der Waals surface area contributed by atoms with Gasteiger partial charge in [0.15, 0.2) is 5.78 Å². The van der Waals surface area contributed by atoms with Gasteiger partial charge in [-0.3, -0.25) is 9.59 Å². The Kier molecular flexibility index (Phi) is 5.36. The zero-order valence-electron chi connectivity index (χ0n) is 11.0. The number of methoxy groups -OCH3 is 1. The van der Waals surface area contributed by atoms with Gasteiger partial charge in [0, 0.05) is 12.0 Å². The first-order valence-corrected chi connectivity index (χ1v) is 5.97. The zero-order valence-corrected chi connectivity index (χ0v) is 11.0. The maximum absolute atomic E-state index is 11.8. The van der Waals surface area contributed by atoms with Crippen molar-refractivity contribution in [2.24, 2.45) is 5.92 Å². The molecule has 1 aromatic rings. The second kappa shape index (κ2) is 6.79. The number of Topliss-reactive ketones (excluding diaryl/α,β-unsaturated/α-hetero) is 1. The predicted octanol–water partition coefficient (Wildman–Crippen LogP) is 2.04. The van der Waals surface area contributed by atoms with Crippen molar-refractivity contribution in [1.29, 1.82) is 0 Å². The van der Waals surface area contributed by atoms with Crippen molar-refractivity contribution in [2.75, 3.05) is 13.7 Å². The lowest BCUT2D eigenvalue weighted by atomic mass is 10.1. The van der Waals surface area contributed by atoms with E-state index in [1.54, 1.807) is 31.4 Å². The van der Waals surface area contributed by atoms with Gasteiger partial charge in [-0.2, -0.15) is 0 Å². The first-order chi connectivity index (χ1) is 8.52. The van der Waals surface area contributed by atoms with E-state index in [0.29, 0.717) is 23.7 Å². The summed E-state index contributed by atoms with van der Waals surface area (Å²) in [5.41, 5.74) is 0.570. The Morgan fingerprint density at radius 2 is 1.83 bits per heavy atom. The van der Waals surface area contributed by atoms with Gasteiger partial charge in [-0.25, -0.2) is 0 Å². The van der Waals surface area contributed by atoms with Crippen LogP contribution in [0.15, 0.2) is 24.3 Å². The van der Waals surface area contributed by atoms with Gasteiger partial charge in [0.25, 0.3) is 0 Å². The quantitative estimate of drug-likeness (QED) is 0.785. The van der Waals surface area contributed by atoms with E-state index in [1.165, 1.54) is 0 Å². The Morgan fingerprint density at radius 3 is 2.33 bits per heavy atom. The third-order valence-electron chi connectivity index (χ3n) is 2.45. The van der Waals surface area contributed by atoms with Gasteiger partial charge >= 0.3 is 0 Å². The second-order valence-corrected chi connectivity index (χ2v) is 4.53. The van der Waals surface area contributed by atoms with Crippen LogP contribution in [0.2, 0.25) is 0 Å². The van der Waals surface area contributed by atoms with Crippen molar-refractivity contribution in [3.8, 4) is 5.75 Å². The van der Waals surface area contributed by atoms with E-state index >= 15 is 0 Å². The summed E-state index contributed by atoms with van der Waals surface area (Å²) in [6, 6.07) is 6.83. The Morgan fingerprint density at radius 1 is 1.22 bits per heavy atom. The van der Waals surface area contributed by atoms with Crippen LogP contribution < -0.4 is 10.1 Å². The van der Waals surface area contributed by atoms with E-state index in [-0.39, 0.29) is 18.2 Å². The van der Waals surface area contributed by atoms with Crippen LogP contribution in [-0.2, 0) is 4.79 Å². The van der Waals surface area contributed by atoms with Crippen LogP contribution in [0.3, 0.4) is 0 Å². The van der Waals surface area contributed by atoms with Crippen LogP contribution in [0.4, 0.5) is 0 Å². The van der Waals surface area contributed by atoms with Crippen molar-refractivity contribution in [3.63, 3.8) is 0 Å². The first kappa shape index (κ1) is 14.2. The number of hydrogen-bond donors (Lipinski definition) is 1. The van der Waals surface area contributed by atoms with E-state index in [4.69, 9.17) is 4.74 Å². The molecule has 0 radical (unpaired) electrons. The monoisotopic (exact) mass is 249 g/mol. The minimum atomic E-state index is -0.102. The number of carbonyl (C=O) groups is 2. The van der Waals surface area contributed by atoms with E-state index in [1.807, 2.05) is 13.8 Å². The topological polar surface area (TPSA) is 55.4 Å². The second-order valence-electron chi connectivity index (χ2n) is 4.53. The van der Waals surface area contributed by atoms with Crippen LogP contribution in [0.5, 0.6) is 5.75 Å². The van der Waals surface area contributed by atoms with E-state index < -0.39 is 0 Å². The number of ether oxygens (including phenoxy) is 1. The molecule has 18 heavy (non-hydrogen) atoms. The fourth-order valence-electron chi connectivity index (χ4n) is 1.50. The highest BCUT2D eigenvalue weighted by molar-refractivity contribution is 5.99. The molecule has 1 rings (SSSR count). The van der Waals surface area contributed by atoms with Gasteiger partial charge in [0.1, 0.15) is 5.75 Å². The molecule has 0 saturated carbocycles. The SMILES string of the molecule is COc1ccc(C(=O)CNC(=O)CC(C)C)cc1. The molecule has 1 aromatic carbocycles. The van der Waals surface area contributed by atoms with Gasteiger partial charge in [-0.15, -0.1) is 0 Å². The van der Waals surface area contributed by atoms with Crippen molar-refractivity contribution in [2.45, 2.75) is 20.3 Å². The molecule has 0 aliphatic carbocycles. The minimum Gasteiger partial charge on any atom is -0.497 e. The Labute approximate surface area is 107 Å². The summed E-state index contributed by atoms with van der Waals surface area (Å²) < 4.78 is 5.01. The summed E-state index contributed by atoms with van der Waals surface area (Å²) in [5.74, 6) is 0.804. The number of nitrogens with one attached hydrogen (secondary N) is 1. The molecule has 0 heterocycles. The lowest BCUT2D eigenvalue weighted by molar-refractivity contribution is -0.121. The summed E-state index contributed by atoms with van der Waals surface area (Å²) in [4.78, 5) is 23.2. The highest BCUT2D eigenvalue weighted by atomic mass is 16.5. The number of ketones is 1. The van der Waals surface area contributed by atoms with Crippen LogP contribution in [0.25, 0.3) is 0 Å². The molecule has 0 aromatic heterocycles. The van der Waals surface area contributed by atoms with Crippen molar-refractivity contribution >= 4 is 11.7 Å². The average molecular weight is 249 g/mol. The lowest BCUT2D eigenvalue weighted by Gasteiger charge is -2.07. The third kappa shape index (κ3) is 4.57. The molecular weight excluding hydrogens is 230 g/mol. The van der Waals surface area contributed by atoms with Crippen LogP contribution in [0.1, 0.15) is 30.6 Å². The number of rotatable bonds is 6. The summed E-state index contributed by atoms with van der Waals surface area (Å²) in [7, 11) is 1.57. The summed E-state index contributed by atoms with van der Waals surface area (Å²) in [6.45, 7) is 3.97. The maximum Gasteiger partial charge on any atom is 0.220 e. The maximum atomic E-state index is 11.8. The van der Waals surface area contributed by atoms with E-state index in [0.717, 1.165) is 0 Å². The molecule has 98 valence electrons. The first-order valence-electron chi connectivity index (χ1n) is 5.97. The van der Waals surface area contributed by atoms with Gasteiger partial charge in [-0.05, 0) is 30.2 Å². The van der Waals surface area contributed by atoms with Gasteiger partial charge in [0.05, 0.1) is 13.7 Å². The third-order valence-corrected chi connectivity index (χ3v) is 2.45. The highest BCUT2D eigenvalue weighted by Crippen LogP contribution is 2.11. The number of hydrogen-bond acceptors (Lipinski definition) is 3. The zero-order chi connectivity index (χ0) is 13.5. The average Bonchev–Trinajstić information content (AvgIpc) is 2.35. The largest absolute Gasteiger partial charge is 0.497 e. The fraction of sp³-hybridized carbons (Fsp3) is 0.429. The predicted molar refractivity (Wildman–Crippen MR) is 69.8 cm³/mol. The molecular formula is C14H19NO3. The molecule has 1 N–H and O–H groups in total. The van der Waals surface area contributed by atoms with Crippen molar-refractivity contribution in [3.05, 3.63) is 29.8 Å². The molecule has 0 aliphatic rings. The summed E-state index contributed by atoms with van der Waals surface area (Å²) in [6.07, 6.45) is 0.440. The Balaban J connectivity index is 2.47. The Bertz CT molecular complexity index is 410. The molecule has 0 unspecified atom stereocenters. The fourth-order valence-corrected chi connectivity index (χ4v) is 1.50. The molecule has 1 amide bonds. The van der Waals surface area contributed by atoms with Gasteiger partial charge in [0.2, 0.25) is 5.91 Å². The molecule has 0 aliphatic heterocycles. The van der Waals surface area contributed by atoms with Crippen molar-refractivity contribution in [1.82, 2.24) is 5.32 Å². The smallest absolute Gasteiger partial charge is 0.220 e. The van der Waals surface area contributed by atoms with Crippen LogP contribution >= 0.6 is 0 Å². The molecule has 4 heteroatoms. The van der Waals surface area contributed by atoms with E-state index in [9.17, 15) is 9.59 Å². The minimum absolute atomic E-state index is 0.0396. The molecule has 0 spiro atoms. The van der Waals surface area contributed by atoms with E-state index in [2.05, 4.69) is 5.32 Å². The molecule has 0 saturated heterocycles. The summed E-state index contributed by atoms with van der Waals surface area (Å²) >= 11 is 0. The summed E-state index contributed by atoms with van der Waals surface area (Å²) in [5, 5.41) is 2.62. The van der Waals surface area contributed by atoms with Gasteiger partial charge in [-0.1, -0.05) is 13.8 Å². The van der Waals surface area contributed by atoms with Crippen LogP contribution in [-0.4, -0.2) is 25.3 Å². The molecule has 4 nitrogen and oxygen atoms in total. The molecule has 0 bridgehead atoms. The highest BCUT2D eigenvalue weighted by Gasteiger charge is 2.09. The van der Waals surface area contributed by atoms with Gasteiger partial charge < -0.3 is 10.1 Å². The number of benzene rings is 1. The number of amides is 1. The normalized spacial score (nSPS) is 10.2. The van der Waals surface area contributed by atoms with Crippen LogP contribution in [0, 0.1) is 5.92 Å². The molecule has 0 fully saturated rings. The lowest BCUT2D eigenvalue weighted by Crippen LogP contribution is -2.30. The van der Waals surface area contributed by atoms with Crippen molar-refractivity contribution < 1.29 is 14.3 Å². The molecule has 0 atom stereocenters. The number of carbonyl (C=O) groups excluding carboxylic acids is 2.